The van der Waals surface area contributed by atoms with Crippen LogP contribution in [0.1, 0.15) is 12.0 Å². The van der Waals surface area contributed by atoms with Gasteiger partial charge < -0.3 is 16.3 Å². The van der Waals surface area contributed by atoms with Gasteiger partial charge in [-0.05, 0) is 24.1 Å². The lowest BCUT2D eigenvalue weighted by molar-refractivity contribution is -0.119. The van der Waals surface area contributed by atoms with Crippen molar-refractivity contribution in [3.63, 3.8) is 0 Å². The van der Waals surface area contributed by atoms with Gasteiger partial charge in [-0.1, -0.05) is 17.3 Å². The summed E-state index contributed by atoms with van der Waals surface area (Å²) in [6, 6.07) is 6.05. The smallest absolute Gasteiger partial charge is 0.227 e. The predicted molar refractivity (Wildman–Crippen MR) is 61.1 cm³/mol. The molecule has 0 fully saturated rings. The Morgan fingerprint density at radius 2 is 2.06 bits per heavy atom. The highest BCUT2D eigenvalue weighted by atomic mass is 19.1. The van der Waals surface area contributed by atoms with Gasteiger partial charge in [-0.3, -0.25) is 4.79 Å². The molecule has 17 heavy (non-hydrogen) atoms. The van der Waals surface area contributed by atoms with E-state index in [1.54, 1.807) is 12.1 Å². The third-order valence-electron chi connectivity index (χ3n) is 2.12. The van der Waals surface area contributed by atoms with Crippen molar-refractivity contribution in [3.05, 3.63) is 35.6 Å². The molecular formula is C11H14FN3O2. The van der Waals surface area contributed by atoms with Gasteiger partial charge in [0, 0.05) is 6.54 Å². The van der Waals surface area contributed by atoms with Crippen LogP contribution in [0.15, 0.2) is 29.4 Å². The molecule has 0 saturated carbocycles. The summed E-state index contributed by atoms with van der Waals surface area (Å²) in [6.07, 6.45) is 0.460. The zero-order valence-electron chi connectivity index (χ0n) is 9.19. The molecule has 0 aromatic heterocycles. The standard InChI is InChI=1S/C11H14FN3O2/c12-9-3-1-8(2-4-9)5-6-14-11(16)7-10(13)15-17/h1-4,17H,5-7H2,(H2,13,15)(H,14,16). The molecule has 1 amide bonds. The van der Waals surface area contributed by atoms with Crippen LogP contribution < -0.4 is 11.1 Å². The minimum atomic E-state index is -0.317. The van der Waals surface area contributed by atoms with Gasteiger partial charge in [0.25, 0.3) is 0 Å². The van der Waals surface area contributed by atoms with E-state index in [9.17, 15) is 9.18 Å². The van der Waals surface area contributed by atoms with Gasteiger partial charge in [-0.15, -0.1) is 0 Å². The molecule has 0 aliphatic rings. The van der Waals surface area contributed by atoms with Crippen molar-refractivity contribution in [3.8, 4) is 0 Å². The number of hydrogen-bond acceptors (Lipinski definition) is 3. The molecule has 0 atom stereocenters. The van der Waals surface area contributed by atoms with Gasteiger partial charge in [0.05, 0.1) is 6.42 Å². The summed E-state index contributed by atoms with van der Waals surface area (Å²) < 4.78 is 12.6. The number of halogens is 1. The van der Waals surface area contributed by atoms with E-state index in [2.05, 4.69) is 10.5 Å². The third kappa shape index (κ3) is 4.96. The van der Waals surface area contributed by atoms with E-state index in [4.69, 9.17) is 10.9 Å². The minimum Gasteiger partial charge on any atom is -0.409 e. The molecule has 0 aliphatic carbocycles. The topological polar surface area (TPSA) is 87.7 Å². The SMILES string of the molecule is N/C(CC(=O)NCCc1ccc(F)cc1)=N\O. The first-order valence-corrected chi connectivity index (χ1v) is 5.09. The van der Waals surface area contributed by atoms with Crippen LogP contribution in [-0.4, -0.2) is 23.5 Å². The second-order valence-electron chi connectivity index (χ2n) is 3.49. The molecule has 0 saturated heterocycles. The Balaban J connectivity index is 2.28. The minimum absolute atomic E-state index is 0.135. The molecule has 1 aromatic rings. The van der Waals surface area contributed by atoms with Crippen molar-refractivity contribution in [2.45, 2.75) is 12.8 Å². The number of hydrogen-bond donors (Lipinski definition) is 3. The molecule has 0 radical (unpaired) electrons. The molecule has 1 aromatic carbocycles. The van der Waals surface area contributed by atoms with Crippen molar-refractivity contribution >= 4 is 11.7 Å². The fourth-order valence-corrected chi connectivity index (χ4v) is 1.26. The van der Waals surface area contributed by atoms with Gasteiger partial charge in [0.1, 0.15) is 11.7 Å². The van der Waals surface area contributed by atoms with Crippen LogP contribution in [0.4, 0.5) is 4.39 Å². The fraction of sp³-hybridized carbons (Fsp3) is 0.273. The molecule has 0 bridgehead atoms. The van der Waals surface area contributed by atoms with E-state index in [0.29, 0.717) is 13.0 Å². The normalized spacial score (nSPS) is 11.2. The zero-order chi connectivity index (χ0) is 12.7. The van der Waals surface area contributed by atoms with Crippen molar-refractivity contribution in [2.75, 3.05) is 6.54 Å². The van der Waals surface area contributed by atoms with Crippen LogP contribution in [0.5, 0.6) is 0 Å². The van der Waals surface area contributed by atoms with Crippen molar-refractivity contribution in [1.82, 2.24) is 5.32 Å². The number of benzene rings is 1. The molecule has 4 N–H and O–H groups in total. The van der Waals surface area contributed by atoms with E-state index < -0.39 is 0 Å². The van der Waals surface area contributed by atoms with Gasteiger partial charge in [-0.25, -0.2) is 4.39 Å². The Labute approximate surface area is 98.1 Å². The molecule has 92 valence electrons. The molecule has 1 rings (SSSR count). The van der Waals surface area contributed by atoms with Gasteiger partial charge in [-0.2, -0.15) is 0 Å². The first-order valence-electron chi connectivity index (χ1n) is 5.09. The number of nitrogens with one attached hydrogen (secondary N) is 1. The number of nitrogens with zero attached hydrogens (tertiary/aromatic N) is 1. The molecule has 0 spiro atoms. The Morgan fingerprint density at radius 3 is 2.65 bits per heavy atom. The van der Waals surface area contributed by atoms with E-state index in [0.717, 1.165) is 5.56 Å². The highest BCUT2D eigenvalue weighted by molar-refractivity contribution is 5.98. The summed E-state index contributed by atoms with van der Waals surface area (Å²) in [6.45, 7) is 0.420. The Bertz CT molecular complexity index is 404. The van der Waals surface area contributed by atoms with Crippen LogP contribution in [0.2, 0.25) is 0 Å². The van der Waals surface area contributed by atoms with Crippen LogP contribution in [0.25, 0.3) is 0 Å². The number of amidine groups is 1. The monoisotopic (exact) mass is 239 g/mol. The number of rotatable bonds is 5. The summed E-state index contributed by atoms with van der Waals surface area (Å²) in [7, 11) is 0. The Kier molecular flexibility index (Phi) is 4.93. The molecule has 6 heteroatoms. The van der Waals surface area contributed by atoms with Crippen LogP contribution >= 0.6 is 0 Å². The third-order valence-corrected chi connectivity index (χ3v) is 2.12. The first kappa shape index (κ1) is 13.0. The number of amides is 1. The van der Waals surface area contributed by atoms with E-state index in [-0.39, 0.29) is 24.0 Å². The summed E-state index contributed by atoms with van der Waals surface area (Å²) in [5.74, 6) is -0.739. The van der Waals surface area contributed by atoms with Gasteiger partial charge in [0.15, 0.2) is 0 Å². The van der Waals surface area contributed by atoms with E-state index in [1.165, 1.54) is 12.1 Å². The maximum absolute atomic E-state index is 12.6. The number of carbonyl (C=O) groups is 1. The van der Waals surface area contributed by atoms with Gasteiger partial charge >= 0.3 is 0 Å². The molecule has 0 unspecified atom stereocenters. The van der Waals surface area contributed by atoms with Gasteiger partial charge in [0.2, 0.25) is 5.91 Å². The second kappa shape index (κ2) is 6.47. The molecule has 0 aliphatic heterocycles. The maximum atomic E-state index is 12.6. The summed E-state index contributed by atoms with van der Waals surface area (Å²) in [5, 5.41) is 13.6. The average molecular weight is 239 g/mol. The van der Waals surface area contributed by atoms with Crippen LogP contribution in [-0.2, 0) is 11.2 Å². The Morgan fingerprint density at radius 1 is 1.41 bits per heavy atom. The second-order valence-corrected chi connectivity index (χ2v) is 3.49. The summed E-state index contributed by atoms with van der Waals surface area (Å²) in [5.41, 5.74) is 6.10. The number of nitrogens with two attached hydrogens (primary N) is 1. The molecular weight excluding hydrogens is 225 g/mol. The molecule has 0 heterocycles. The van der Waals surface area contributed by atoms with Crippen LogP contribution in [0.3, 0.4) is 0 Å². The highest BCUT2D eigenvalue weighted by Crippen LogP contribution is 2.02. The quantitative estimate of drug-likeness (QED) is 0.304. The van der Waals surface area contributed by atoms with Crippen molar-refractivity contribution < 1.29 is 14.4 Å². The van der Waals surface area contributed by atoms with E-state index in [1.807, 2.05) is 0 Å². The average Bonchev–Trinajstić information content (AvgIpc) is 2.31. The lowest BCUT2D eigenvalue weighted by atomic mass is 10.1. The maximum Gasteiger partial charge on any atom is 0.227 e. The number of oxime groups is 1. The largest absolute Gasteiger partial charge is 0.409 e. The van der Waals surface area contributed by atoms with Crippen molar-refractivity contribution in [2.24, 2.45) is 10.9 Å². The fourth-order valence-electron chi connectivity index (χ4n) is 1.26. The summed E-state index contributed by atoms with van der Waals surface area (Å²) in [4.78, 5) is 11.2. The Hall–Kier alpha value is -2.11. The summed E-state index contributed by atoms with van der Waals surface area (Å²) >= 11 is 0. The predicted octanol–water partition coefficient (Wildman–Crippen LogP) is 0.621. The zero-order valence-corrected chi connectivity index (χ0v) is 9.19. The van der Waals surface area contributed by atoms with Crippen molar-refractivity contribution in [1.29, 1.82) is 0 Å². The van der Waals surface area contributed by atoms with E-state index >= 15 is 0 Å². The highest BCUT2D eigenvalue weighted by Gasteiger charge is 2.03. The van der Waals surface area contributed by atoms with Crippen LogP contribution in [0, 0.1) is 5.82 Å². The first-order chi connectivity index (χ1) is 8.11. The molecule has 5 nitrogen and oxygen atoms in total. The lowest BCUT2D eigenvalue weighted by Crippen LogP contribution is -2.30. The lowest BCUT2D eigenvalue weighted by Gasteiger charge is -2.04. The number of carbonyl (C=O) groups excluding carboxylic acids is 1.